The van der Waals surface area contributed by atoms with E-state index in [0.717, 1.165) is 18.6 Å². The second-order valence-electron chi connectivity index (χ2n) is 5.01. The topological polar surface area (TPSA) is 52.6 Å². The van der Waals surface area contributed by atoms with Gasteiger partial charge in [-0.05, 0) is 25.5 Å². The van der Waals surface area contributed by atoms with Crippen LogP contribution in [0.5, 0.6) is 0 Å². The van der Waals surface area contributed by atoms with Crippen LogP contribution in [-0.2, 0) is 19.1 Å². The first kappa shape index (κ1) is 20.3. The smallest absolute Gasteiger partial charge is 0.315 e. The lowest BCUT2D eigenvalue weighted by Crippen LogP contribution is -2.03. The first-order valence-corrected chi connectivity index (χ1v) is 9.16. The highest BCUT2D eigenvalue weighted by Crippen LogP contribution is 2.12. The fraction of sp³-hybridized carbons (Fsp3) is 0.875. The van der Waals surface area contributed by atoms with Crippen LogP contribution in [0.4, 0.5) is 0 Å². The summed E-state index contributed by atoms with van der Waals surface area (Å²) in [6.45, 7) is 2.32. The molecule has 21 heavy (non-hydrogen) atoms. The molecule has 0 aromatic heterocycles. The molecule has 0 N–H and O–H groups in total. The van der Waals surface area contributed by atoms with Crippen molar-refractivity contribution in [1.29, 1.82) is 0 Å². The maximum absolute atomic E-state index is 11.1. The highest BCUT2D eigenvalue weighted by Gasteiger charge is 2.01. The summed E-state index contributed by atoms with van der Waals surface area (Å²) >= 11 is 1.65. The second-order valence-corrected chi connectivity index (χ2v) is 6.12. The number of carbonyl (C=O) groups is 2. The molecule has 0 amide bonds. The number of carbonyl (C=O) groups excluding carboxylic acids is 2. The van der Waals surface area contributed by atoms with E-state index < -0.39 is 0 Å². The van der Waals surface area contributed by atoms with Gasteiger partial charge in [0.2, 0.25) is 0 Å². The van der Waals surface area contributed by atoms with E-state index in [9.17, 15) is 9.59 Å². The lowest BCUT2D eigenvalue weighted by molar-refractivity contribution is -0.143. The quantitative estimate of drug-likeness (QED) is 0.358. The highest BCUT2D eigenvalue weighted by molar-refractivity contribution is 7.99. The number of esters is 2. The summed E-state index contributed by atoms with van der Waals surface area (Å²) in [4.78, 5) is 22.0. The van der Waals surface area contributed by atoms with Crippen LogP contribution in [0, 0.1) is 0 Å². The number of ether oxygens (including phenoxy) is 2. The standard InChI is InChI=1S/C16H30O4S/c1-3-20-15(17)12-10-8-6-4-5-7-9-11-13-21-14-16(18)19-2/h3-14H2,1-2H3. The monoisotopic (exact) mass is 318 g/mol. The summed E-state index contributed by atoms with van der Waals surface area (Å²) in [7, 11) is 1.43. The molecule has 5 heteroatoms. The van der Waals surface area contributed by atoms with Crippen molar-refractivity contribution in [1.82, 2.24) is 0 Å². The zero-order valence-corrected chi connectivity index (χ0v) is 14.3. The molecule has 0 saturated carbocycles. The first-order chi connectivity index (χ1) is 10.2. The van der Waals surface area contributed by atoms with Crippen LogP contribution in [0.25, 0.3) is 0 Å². The molecule has 124 valence electrons. The van der Waals surface area contributed by atoms with Crippen molar-refractivity contribution in [2.45, 2.75) is 64.7 Å². The highest BCUT2D eigenvalue weighted by atomic mass is 32.2. The lowest BCUT2D eigenvalue weighted by Gasteiger charge is -2.03. The minimum atomic E-state index is -0.136. The molecule has 0 atom stereocenters. The lowest BCUT2D eigenvalue weighted by atomic mass is 10.1. The van der Waals surface area contributed by atoms with Crippen LogP contribution in [0.1, 0.15) is 64.7 Å². The van der Waals surface area contributed by atoms with Crippen LogP contribution in [-0.4, -0.2) is 37.2 Å². The van der Waals surface area contributed by atoms with Gasteiger partial charge in [-0.15, -0.1) is 0 Å². The van der Waals surface area contributed by atoms with Crippen LogP contribution in [0.2, 0.25) is 0 Å². The van der Waals surface area contributed by atoms with Gasteiger partial charge < -0.3 is 9.47 Å². The molecule has 0 aliphatic heterocycles. The molecule has 0 aliphatic rings. The zero-order valence-electron chi connectivity index (χ0n) is 13.5. The molecule has 0 aromatic carbocycles. The number of rotatable bonds is 14. The number of hydrogen-bond acceptors (Lipinski definition) is 5. The Balaban J connectivity index is 3.09. The van der Waals surface area contributed by atoms with E-state index >= 15 is 0 Å². The Kier molecular flexibility index (Phi) is 15.1. The third kappa shape index (κ3) is 15.5. The van der Waals surface area contributed by atoms with E-state index in [1.807, 2.05) is 6.92 Å². The summed E-state index contributed by atoms with van der Waals surface area (Å²) in [6, 6.07) is 0. The fourth-order valence-electron chi connectivity index (χ4n) is 1.98. The predicted molar refractivity (Wildman–Crippen MR) is 87.5 cm³/mol. The summed E-state index contributed by atoms with van der Waals surface area (Å²) in [5.41, 5.74) is 0. The normalized spacial score (nSPS) is 10.4. The fourth-order valence-corrected chi connectivity index (χ4v) is 2.82. The molecule has 0 bridgehead atoms. The molecule has 0 radical (unpaired) electrons. The zero-order chi connectivity index (χ0) is 15.8. The number of thioether (sulfide) groups is 1. The second kappa shape index (κ2) is 15.7. The first-order valence-electron chi connectivity index (χ1n) is 8.00. The molecule has 0 rings (SSSR count). The predicted octanol–water partition coefficient (Wildman–Crippen LogP) is 3.97. The van der Waals surface area contributed by atoms with Crippen molar-refractivity contribution in [2.75, 3.05) is 25.2 Å². The van der Waals surface area contributed by atoms with Crippen LogP contribution in [0.3, 0.4) is 0 Å². The number of unbranched alkanes of at least 4 members (excludes halogenated alkanes) is 7. The Labute approximate surface area is 133 Å². The Bertz CT molecular complexity index is 269. The molecular weight excluding hydrogens is 288 g/mol. The minimum Gasteiger partial charge on any atom is -0.468 e. The number of methoxy groups -OCH3 is 1. The van der Waals surface area contributed by atoms with Gasteiger partial charge in [-0.2, -0.15) is 11.8 Å². The maximum atomic E-state index is 11.1. The Morgan fingerprint density at radius 3 is 2.00 bits per heavy atom. The molecule has 0 fully saturated rings. The molecule has 0 unspecified atom stereocenters. The van der Waals surface area contributed by atoms with E-state index in [-0.39, 0.29) is 11.9 Å². The van der Waals surface area contributed by atoms with Crippen LogP contribution in [0.15, 0.2) is 0 Å². The van der Waals surface area contributed by atoms with E-state index in [0.29, 0.717) is 18.8 Å². The molecule has 0 saturated heterocycles. The summed E-state index contributed by atoms with van der Waals surface area (Å²) < 4.78 is 9.47. The van der Waals surface area contributed by atoms with E-state index in [4.69, 9.17) is 4.74 Å². The van der Waals surface area contributed by atoms with Gasteiger partial charge in [0.25, 0.3) is 0 Å². The van der Waals surface area contributed by atoms with Crippen molar-refractivity contribution in [3.63, 3.8) is 0 Å². The Hall–Kier alpha value is -0.710. The molecule has 0 heterocycles. The van der Waals surface area contributed by atoms with Gasteiger partial charge in [-0.1, -0.05) is 38.5 Å². The van der Waals surface area contributed by atoms with Gasteiger partial charge in [0.05, 0.1) is 19.5 Å². The molecule has 4 nitrogen and oxygen atoms in total. The van der Waals surface area contributed by atoms with Gasteiger partial charge >= 0.3 is 11.9 Å². The van der Waals surface area contributed by atoms with Crippen LogP contribution < -0.4 is 0 Å². The molecule has 0 aromatic rings. The minimum absolute atomic E-state index is 0.0676. The van der Waals surface area contributed by atoms with Crippen molar-refractivity contribution in [3.05, 3.63) is 0 Å². The third-order valence-electron chi connectivity index (χ3n) is 3.17. The third-order valence-corrected chi connectivity index (χ3v) is 4.19. The average molecular weight is 318 g/mol. The Morgan fingerprint density at radius 1 is 0.857 bits per heavy atom. The van der Waals surface area contributed by atoms with E-state index in [1.165, 1.54) is 45.6 Å². The summed E-state index contributed by atoms with van der Waals surface area (Å²) in [5, 5.41) is 0. The van der Waals surface area contributed by atoms with Gasteiger partial charge in [-0.3, -0.25) is 9.59 Å². The largest absolute Gasteiger partial charge is 0.468 e. The van der Waals surface area contributed by atoms with E-state index in [2.05, 4.69) is 4.74 Å². The maximum Gasteiger partial charge on any atom is 0.315 e. The summed E-state index contributed by atoms with van der Waals surface area (Å²) in [5.74, 6) is 1.30. The molecule has 0 spiro atoms. The van der Waals surface area contributed by atoms with Crippen molar-refractivity contribution in [2.24, 2.45) is 0 Å². The Morgan fingerprint density at radius 2 is 1.43 bits per heavy atom. The SMILES string of the molecule is CCOC(=O)CCCCCCCCCCSCC(=O)OC. The molecule has 0 aliphatic carbocycles. The molecular formula is C16H30O4S. The van der Waals surface area contributed by atoms with Gasteiger partial charge in [-0.25, -0.2) is 0 Å². The van der Waals surface area contributed by atoms with E-state index in [1.54, 1.807) is 11.8 Å². The number of hydrogen-bond donors (Lipinski definition) is 0. The van der Waals surface area contributed by atoms with Crippen molar-refractivity contribution >= 4 is 23.7 Å². The van der Waals surface area contributed by atoms with Gasteiger partial charge in [0.15, 0.2) is 0 Å². The average Bonchev–Trinajstić information content (AvgIpc) is 2.48. The van der Waals surface area contributed by atoms with Gasteiger partial charge in [0.1, 0.15) is 0 Å². The van der Waals surface area contributed by atoms with Gasteiger partial charge in [0, 0.05) is 6.42 Å². The van der Waals surface area contributed by atoms with Crippen LogP contribution >= 0.6 is 11.8 Å². The van der Waals surface area contributed by atoms with Crippen molar-refractivity contribution < 1.29 is 19.1 Å². The van der Waals surface area contributed by atoms with Crippen molar-refractivity contribution in [3.8, 4) is 0 Å². The summed E-state index contributed by atoms with van der Waals surface area (Å²) in [6.07, 6.45) is 10.0.